The highest BCUT2D eigenvalue weighted by Crippen LogP contribution is 2.30. The van der Waals surface area contributed by atoms with Crippen LogP contribution in [-0.4, -0.2) is 34.9 Å². The van der Waals surface area contributed by atoms with Crippen LogP contribution < -0.4 is 15.4 Å². The molecule has 0 fully saturated rings. The van der Waals surface area contributed by atoms with Crippen molar-refractivity contribution in [3.05, 3.63) is 47.0 Å². The lowest BCUT2D eigenvalue weighted by molar-refractivity contribution is -0.138. The van der Waals surface area contributed by atoms with E-state index < -0.39 is 29.3 Å². The highest BCUT2D eigenvalue weighted by Gasteiger charge is 2.32. The molecule has 0 saturated heterocycles. The molecule has 0 radical (unpaired) electrons. The number of amides is 2. The normalized spacial score (nSPS) is 11.3. The van der Waals surface area contributed by atoms with Crippen LogP contribution in [0.4, 0.5) is 23.4 Å². The van der Waals surface area contributed by atoms with Gasteiger partial charge in [-0.05, 0) is 25.1 Å². The van der Waals surface area contributed by atoms with E-state index in [1.54, 1.807) is 20.8 Å². The van der Waals surface area contributed by atoms with Gasteiger partial charge >= 0.3 is 6.18 Å². The van der Waals surface area contributed by atoms with E-state index in [0.29, 0.717) is 11.9 Å². The van der Waals surface area contributed by atoms with Crippen molar-refractivity contribution in [2.75, 3.05) is 18.5 Å². The number of alkyl halides is 3. The molecule has 0 aliphatic carbocycles. The Kier molecular flexibility index (Phi) is 7.30. The van der Waals surface area contributed by atoms with Crippen molar-refractivity contribution in [1.29, 1.82) is 0 Å². The first-order valence-corrected chi connectivity index (χ1v) is 8.90. The second kappa shape index (κ2) is 9.51. The molecule has 30 heavy (non-hydrogen) atoms. The van der Waals surface area contributed by atoms with Crippen LogP contribution in [0.15, 0.2) is 24.4 Å². The van der Waals surface area contributed by atoms with Crippen LogP contribution in [-0.2, 0) is 11.0 Å². The Bertz CT molecular complexity index is 932. The summed E-state index contributed by atoms with van der Waals surface area (Å²) in [5.74, 6) is -2.64. The third-order valence-corrected chi connectivity index (χ3v) is 3.75. The molecule has 2 heterocycles. The van der Waals surface area contributed by atoms with Crippen LogP contribution in [0.1, 0.15) is 35.5 Å². The fourth-order valence-electron chi connectivity index (χ4n) is 2.24. The molecule has 0 spiro atoms. The molecule has 2 amide bonds. The van der Waals surface area contributed by atoms with Crippen LogP contribution in [0.25, 0.3) is 0 Å². The van der Waals surface area contributed by atoms with Gasteiger partial charge < -0.3 is 15.4 Å². The summed E-state index contributed by atoms with van der Waals surface area (Å²) in [5.41, 5.74) is -0.483. The zero-order chi connectivity index (χ0) is 22.5. The molecule has 0 aromatic carbocycles. The number of aryl methyl sites for hydroxylation is 1. The second-order valence-electron chi connectivity index (χ2n) is 6.64. The van der Waals surface area contributed by atoms with Gasteiger partial charge in [0.15, 0.2) is 5.82 Å². The molecule has 0 aliphatic rings. The fraction of sp³-hybridized carbons (Fsp3) is 0.368. The first kappa shape index (κ1) is 23.0. The molecule has 0 unspecified atom stereocenters. The minimum atomic E-state index is -4.71. The highest BCUT2D eigenvalue weighted by atomic mass is 19.4. The summed E-state index contributed by atoms with van der Waals surface area (Å²) in [7, 11) is 0. The zero-order valence-electron chi connectivity index (χ0n) is 16.4. The van der Waals surface area contributed by atoms with E-state index in [1.165, 1.54) is 12.1 Å². The number of carbonyl (C=O) groups is 2. The van der Waals surface area contributed by atoms with Gasteiger partial charge in [-0.3, -0.25) is 9.59 Å². The topological polar surface area (TPSA) is 93.2 Å². The van der Waals surface area contributed by atoms with E-state index in [-0.39, 0.29) is 42.4 Å². The Hall–Kier alpha value is -3.24. The third-order valence-electron chi connectivity index (χ3n) is 3.75. The van der Waals surface area contributed by atoms with E-state index in [0.717, 1.165) is 0 Å². The van der Waals surface area contributed by atoms with E-state index in [9.17, 15) is 27.2 Å². The Morgan fingerprint density at radius 3 is 2.50 bits per heavy atom. The van der Waals surface area contributed by atoms with Gasteiger partial charge in [-0.1, -0.05) is 13.8 Å². The quantitative estimate of drug-likeness (QED) is 0.521. The first-order chi connectivity index (χ1) is 14.0. The number of aromatic nitrogens is 2. The minimum absolute atomic E-state index is 0.0595. The summed E-state index contributed by atoms with van der Waals surface area (Å²) in [6.45, 7) is 4.81. The molecule has 162 valence electrons. The molecule has 2 rings (SSSR count). The molecule has 0 atom stereocenters. The Morgan fingerprint density at radius 1 is 1.20 bits per heavy atom. The van der Waals surface area contributed by atoms with Crippen molar-refractivity contribution in [2.24, 2.45) is 5.92 Å². The molecule has 11 heteroatoms. The maximum atomic E-state index is 13.7. The zero-order valence-corrected chi connectivity index (χ0v) is 16.4. The Morgan fingerprint density at radius 2 is 1.90 bits per heavy atom. The van der Waals surface area contributed by atoms with E-state index >= 15 is 0 Å². The SMILES string of the molecule is Cc1cc(C(=O)NCCOc2ncc(C(F)(F)F)cc2F)cc(NC(=O)C(C)C)n1. The number of nitrogens with zero attached hydrogens (tertiary/aromatic N) is 2. The van der Waals surface area contributed by atoms with Gasteiger partial charge in [0.1, 0.15) is 12.4 Å². The second-order valence-corrected chi connectivity index (χ2v) is 6.64. The summed E-state index contributed by atoms with van der Waals surface area (Å²) in [5, 5.41) is 5.12. The molecular weight excluding hydrogens is 408 g/mol. The molecule has 2 aromatic rings. The summed E-state index contributed by atoms with van der Waals surface area (Å²) in [6.07, 6.45) is -4.25. The molecule has 0 saturated carbocycles. The van der Waals surface area contributed by atoms with Crippen molar-refractivity contribution in [3.8, 4) is 5.88 Å². The van der Waals surface area contributed by atoms with Crippen LogP contribution in [0.3, 0.4) is 0 Å². The van der Waals surface area contributed by atoms with Gasteiger partial charge in [-0.15, -0.1) is 0 Å². The molecular formula is C19H20F4N4O3. The van der Waals surface area contributed by atoms with Crippen LogP contribution in [0.2, 0.25) is 0 Å². The Labute approximate surface area is 169 Å². The number of ether oxygens (including phenoxy) is 1. The number of nitrogens with one attached hydrogen (secondary N) is 2. The van der Waals surface area contributed by atoms with Crippen LogP contribution in [0.5, 0.6) is 5.88 Å². The number of halogens is 4. The van der Waals surface area contributed by atoms with Crippen molar-refractivity contribution >= 4 is 17.6 Å². The number of carbonyl (C=O) groups excluding carboxylic acids is 2. The summed E-state index contributed by atoms with van der Waals surface area (Å²) >= 11 is 0. The molecule has 2 aromatic heterocycles. The number of rotatable bonds is 7. The monoisotopic (exact) mass is 428 g/mol. The molecule has 7 nitrogen and oxygen atoms in total. The van der Waals surface area contributed by atoms with Crippen molar-refractivity contribution in [3.63, 3.8) is 0 Å². The smallest absolute Gasteiger partial charge is 0.417 e. The van der Waals surface area contributed by atoms with Crippen molar-refractivity contribution in [2.45, 2.75) is 26.9 Å². The van der Waals surface area contributed by atoms with Crippen molar-refractivity contribution in [1.82, 2.24) is 15.3 Å². The van der Waals surface area contributed by atoms with E-state index in [1.807, 2.05) is 0 Å². The van der Waals surface area contributed by atoms with Gasteiger partial charge in [0.2, 0.25) is 11.8 Å². The van der Waals surface area contributed by atoms with Crippen molar-refractivity contribution < 1.29 is 31.9 Å². The largest absolute Gasteiger partial charge is 0.474 e. The first-order valence-electron chi connectivity index (χ1n) is 8.90. The summed E-state index contributed by atoms with van der Waals surface area (Å²) in [4.78, 5) is 31.5. The van der Waals surface area contributed by atoms with Gasteiger partial charge in [-0.2, -0.15) is 13.2 Å². The lowest BCUT2D eigenvalue weighted by Crippen LogP contribution is -2.28. The number of hydrogen-bond acceptors (Lipinski definition) is 5. The summed E-state index contributed by atoms with van der Waals surface area (Å²) < 4.78 is 56.1. The minimum Gasteiger partial charge on any atom is -0.474 e. The summed E-state index contributed by atoms with van der Waals surface area (Å²) in [6, 6.07) is 3.20. The molecule has 0 bridgehead atoms. The maximum Gasteiger partial charge on any atom is 0.417 e. The predicted octanol–water partition coefficient (Wildman–Crippen LogP) is 3.35. The van der Waals surface area contributed by atoms with Gasteiger partial charge in [0, 0.05) is 23.4 Å². The highest BCUT2D eigenvalue weighted by molar-refractivity contribution is 5.97. The lowest BCUT2D eigenvalue weighted by atomic mass is 10.2. The van der Waals surface area contributed by atoms with Gasteiger partial charge in [-0.25, -0.2) is 14.4 Å². The average molecular weight is 428 g/mol. The number of pyridine rings is 2. The molecule has 2 N–H and O–H groups in total. The van der Waals surface area contributed by atoms with E-state index in [4.69, 9.17) is 4.74 Å². The third kappa shape index (κ3) is 6.39. The predicted molar refractivity (Wildman–Crippen MR) is 99.5 cm³/mol. The lowest BCUT2D eigenvalue weighted by Gasteiger charge is -2.11. The molecule has 0 aliphatic heterocycles. The fourth-order valence-corrected chi connectivity index (χ4v) is 2.24. The average Bonchev–Trinajstić information content (AvgIpc) is 2.64. The standard InChI is InChI=1S/C19H20F4N4O3/c1-10(2)16(28)27-15-7-12(6-11(3)26-15)17(29)24-4-5-30-18-14(20)8-13(9-25-18)19(21,22)23/h6-10H,4-5H2,1-3H3,(H,24,29)(H,26,27,28). The van der Waals surface area contributed by atoms with Crippen LogP contribution in [0, 0.1) is 18.7 Å². The van der Waals surface area contributed by atoms with E-state index in [2.05, 4.69) is 20.6 Å². The van der Waals surface area contributed by atoms with Gasteiger partial charge in [0.05, 0.1) is 12.1 Å². The van der Waals surface area contributed by atoms with Gasteiger partial charge in [0.25, 0.3) is 5.91 Å². The number of anilines is 1. The Balaban J connectivity index is 1.92. The maximum absolute atomic E-state index is 13.7. The van der Waals surface area contributed by atoms with Crippen LogP contribution >= 0.6 is 0 Å². The number of hydrogen-bond donors (Lipinski definition) is 2.